The Labute approximate surface area is 154 Å². The topological polar surface area (TPSA) is 72.1 Å². The van der Waals surface area contributed by atoms with Crippen molar-refractivity contribution in [3.63, 3.8) is 0 Å². The summed E-state index contributed by atoms with van der Waals surface area (Å²) in [6.07, 6.45) is 4.99. The minimum atomic E-state index is -0.784. The van der Waals surface area contributed by atoms with Gasteiger partial charge in [0.15, 0.2) is 5.82 Å². The van der Waals surface area contributed by atoms with Crippen molar-refractivity contribution in [2.75, 3.05) is 22.9 Å². The maximum absolute atomic E-state index is 13.4. The van der Waals surface area contributed by atoms with E-state index < -0.39 is 6.17 Å². The van der Waals surface area contributed by atoms with E-state index in [2.05, 4.69) is 15.2 Å². The van der Waals surface area contributed by atoms with Crippen LogP contribution in [-0.2, 0) is 13.6 Å². The van der Waals surface area contributed by atoms with Crippen molar-refractivity contribution in [1.82, 2.24) is 24.5 Å². The second-order valence-corrected chi connectivity index (χ2v) is 6.88. The van der Waals surface area contributed by atoms with Crippen LogP contribution in [0.25, 0.3) is 5.69 Å². The fraction of sp³-hybridized carbons (Fsp3) is 0.333. The molecule has 0 saturated carbocycles. The molecule has 0 bridgehead atoms. The van der Waals surface area contributed by atoms with Crippen LogP contribution in [0.1, 0.15) is 22.5 Å². The number of carbonyl (C=O) groups excluding carboxylic acids is 1. The maximum atomic E-state index is 13.4. The minimum absolute atomic E-state index is 0.106. The Morgan fingerprint density at radius 1 is 1.19 bits per heavy atom. The van der Waals surface area contributed by atoms with Crippen molar-refractivity contribution in [1.29, 1.82) is 0 Å². The largest absolute Gasteiger partial charge is 0.354 e. The number of carbonyl (C=O) groups is 1. The average molecular weight is 367 g/mol. The summed E-state index contributed by atoms with van der Waals surface area (Å²) in [5.74, 6) is 1.27. The summed E-state index contributed by atoms with van der Waals surface area (Å²) in [6.45, 7) is 1.47. The zero-order chi connectivity index (χ0) is 18.5. The number of anilines is 2. The average Bonchev–Trinajstić information content (AvgIpc) is 3.42. The van der Waals surface area contributed by atoms with E-state index in [1.165, 1.54) is 0 Å². The van der Waals surface area contributed by atoms with Gasteiger partial charge < -0.3 is 4.90 Å². The SMILES string of the molecule is Cn1ccc(N2Cc3nn(-c4ccc(N5CC[C@H](F)C5)nc4)cc3C2=O)n1. The number of alkyl halides is 1. The molecule has 1 amide bonds. The lowest BCUT2D eigenvalue weighted by molar-refractivity contribution is 0.0995. The Bertz CT molecular complexity index is 1010. The smallest absolute Gasteiger partial charge is 0.263 e. The van der Waals surface area contributed by atoms with E-state index in [0.717, 1.165) is 17.2 Å². The minimum Gasteiger partial charge on any atom is -0.354 e. The van der Waals surface area contributed by atoms with Gasteiger partial charge >= 0.3 is 0 Å². The molecule has 2 aliphatic heterocycles. The standard InChI is InChI=1S/C18H18FN7O/c1-23-6-5-17(22-23)25-11-15-14(18(25)27)10-26(21-15)13-2-3-16(20-8-13)24-7-4-12(19)9-24/h2-3,5-6,8,10,12H,4,7,9,11H2,1H3/t12-/m0/s1. The van der Waals surface area contributed by atoms with Crippen LogP contribution in [-0.4, -0.2) is 49.7 Å². The van der Waals surface area contributed by atoms with E-state index in [-0.39, 0.29) is 5.91 Å². The number of halogens is 1. The first kappa shape index (κ1) is 16.0. The summed E-state index contributed by atoms with van der Waals surface area (Å²) in [6, 6.07) is 5.56. The number of fused-ring (bicyclic) bond motifs is 1. The van der Waals surface area contributed by atoms with E-state index in [0.29, 0.717) is 37.4 Å². The summed E-state index contributed by atoms with van der Waals surface area (Å²) < 4.78 is 16.7. The van der Waals surface area contributed by atoms with Gasteiger partial charge in [0.05, 0.1) is 36.2 Å². The number of pyridine rings is 1. The molecule has 1 saturated heterocycles. The molecule has 0 N–H and O–H groups in total. The first-order valence-electron chi connectivity index (χ1n) is 8.84. The fourth-order valence-electron chi connectivity index (χ4n) is 3.56. The number of amides is 1. The maximum Gasteiger partial charge on any atom is 0.263 e. The van der Waals surface area contributed by atoms with Crippen molar-refractivity contribution >= 4 is 17.5 Å². The van der Waals surface area contributed by atoms with Gasteiger partial charge in [-0.15, -0.1) is 0 Å². The second-order valence-electron chi connectivity index (χ2n) is 6.88. The van der Waals surface area contributed by atoms with Gasteiger partial charge in [-0.2, -0.15) is 10.2 Å². The third-order valence-corrected chi connectivity index (χ3v) is 5.00. The van der Waals surface area contributed by atoms with Crippen LogP contribution in [0.4, 0.5) is 16.0 Å². The lowest BCUT2D eigenvalue weighted by Crippen LogP contribution is -2.24. The molecule has 1 fully saturated rings. The molecular formula is C18H18FN7O. The van der Waals surface area contributed by atoms with Gasteiger partial charge in [-0.3, -0.25) is 14.4 Å². The summed E-state index contributed by atoms with van der Waals surface area (Å²) in [4.78, 5) is 20.7. The summed E-state index contributed by atoms with van der Waals surface area (Å²) in [5.41, 5.74) is 2.06. The van der Waals surface area contributed by atoms with E-state index >= 15 is 0 Å². The third-order valence-electron chi connectivity index (χ3n) is 5.00. The number of aryl methyl sites for hydroxylation is 1. The number of aromatic nitrogens is 5. The molecule has 0 aromatic carbocycles. The molecule has 0 spiro atoms. The zero-order valence-corrected chi connectivity index (χ0v) is 14.8. The molecule has 5 heterocycles. The van der Waals surface area contributed by atoms with Crippen LogP contribution in [0.15, 0.2) is 36.8 Å². The van der Waals surface area contributed by atoms with Crippen LogP contribution in [0, 0.1) is 0 Å². The van der Waals surface area contributed by atoms with Gasteiger partial charge in [-0.05, 0) is 18.6 Å². The van der Waals surface area contributed by atoms with Crippen LogP contribution in [0.3, 0.4) is 0 Å². The summed E-state index contributed by atoms with van der Waals surface area (Å²) in [7, 11) is 1.82. The highest BCUT2D eigenvalue weighted by Gasteiger charge is 2.33. The van der Waals surface area contributed by atoms with Crippen LogP contribution >= 0.6 is 0 Å². The normalized spacial score (nSPS) is 19.2. The van der Waals surface area contributed by atoms with E-state index in [1.54, 1.807) is 38.9 Å². The zero-order valence-electron chi connectivity index (χ0n) is 14.8. The molecular weight excluding hydrogens is 349 g/mol. The third kappa shape index (κ3) is 2.66. The van der Waals surface area contributed by atoms with Crippen molar-refractivity contribution < 1.29 is 9.18 Å². The van der Waals surface area contributed by atoms with Gasteiger partial charge in [0.25, 0.3) is 5.91 Å². The lowest BCUT2D eigenvalue weighted by Gasteiger charge is -2.16. The molecule has 1 atom stereocenters. The van der Waals surface area contributed by atoms with Gasteiger partial charge in [-0.25, -0.2) is 14.1 Å². The highest BCUT2D eigenvalue weighted by Crippen LogP contribution is 2.27. The van der Waals surface area contributed by atoms with Crippen molar-refractivity contribution in [3.8, 4) is 5.69 Å². The Morgan fingerprint density at radius 2 is 2.07 bits per heavy atom. The first-order valence-corrected chi connectivity index (χ1v) is 8.84. The highest BCUT2D eigenvalue weighted by molar-refractivity contribution is 6.09. The van der Waals surface area contributed by atoms with E-state index in [1.807, 2.05) is 24.1 Å². The molecule has 9 heteroatoms. The molecule has 138 valence electrons. The summed E-state index contributed by atoms with van der Waals surface area (Å²) >= 11 is 0. The molecule has 8 nitrogen and oxygen atoms in total. The Hall–Kier alpha value is -3.23. The predicted molar refractivity (Wildman–Crippen MR) is 96.8 cm³/mol. The Kier molecular flexibility index (Phi) is 3.49. The first-order chi connectivity index (χ1) is 13.1. The van der Waals surface area contributed by atoms with Gasteiger partial charge in [0, 0.05) is 32.1 Å². The quantitative estimate of drug-likeness (QED) is 0.705. The molecule has 0 radical (unpaired) electrons. The van der Waals surface area contributed by atoms with Crippen molar-refractivity contribution in [2.45, 2.75) is 19.1 Å². The molecule has 3 aromatic heterocycles. The van der Waals surface area contributed by atoms with Crippen LogP contribution < -0.4 is 9.80 Å². The fourth-order valence-corrected chi connectivity index (χ4v) is 3.56. The van der Waals surface area contributed by atoms with Gasteiger partial charge in [0.2, 0.25) is 0 Å². The van der Waals surface area contributed by atoms with Crippen LogP contribution in [0.2, 0.25) is 0 Å². The van der Waals surface area contributed by atoms with Gasteiger partial charge in [0.1, 0.15) is 12.0 Å². The second kappa shape index (κ2) is 5.90. The molecule has 3 aromatic rings. The van der Waals surface area contributed by atoms with Crippen molar-refractivity contribution in [3.05, 3.63) is 48.0 Å². The Balaban J connectivity index is 1.37. The number of hydrogen-bond acceptors (Lipinski definition) is 5. The predicted octanol–water partition coefficient (Wildman–Crippen LogP) is 1.71. The molecule has 2 aliphatic rings. The highest BCUT2D eigenvalue weighted by atomic mass is 19.1. The number of hydrogen-bond donors (Lipinski definition) is 0. The van der Waals surface area contributed by atoms with E-state index in [9.17, 15) is 9.18 Å². The van der Waals surface area contributed by atoms with E-state index in [4.69, 9.17) is 0 Å². The van der Waals surface area contributed by atoms with Crippen LogP contribution in [0.5, 0.6) is 0 Å². The molecule has 27 heavy (non-hydrogen) atoms. The van der Waals surface area contributed by atoms with Crippen molar-refractivity contribution in [2.24, 2.45) is 7.05 Å². The number of rotatable bonds is 3. The lowest BCUT2D eigenvalue weighted by atomic mass is 10.3. The number of nitrogens with zero attached hydrogens (tertiary/aromatic N) is 7. The molecule has 0 unspecified atom stereocenters. The summed E-state index contributed by atoms with van der Waals surface area (Å²) in [5, 5.41) is 8.82. The molecule has 0 aliphatic carbocycles. The Morgan fingerprint density at radius 3 is 2.70 bits per heavy atom. The monoisotopic (exact) mass is 367 g/mol. The molecule has 5 rings (SSSR count). The van der Waals surface area contributed by atoms with Gasteiger partial charge in [-0.1, -0.05) is 0 Å².